The molecule has 0 aliphatic carbocycles. The van der Waals surface area contributed by atoms with Gasteiger partial charge in [-0.1, -0.05) is 19.4 Å². The Morgan fingerprint density at radius 3 is 2.52 bits per heavy atom. The summed E-state index contributed by atoms with van der Waals surface area (Å²) in [5, 5.41) is 5.92. The fraction of sp³-hybridized carbons (Fsp3) is 0.500. The van der Waals surface area contributed by atoms with E-state index in [1.54, 1.807) is 24.3 Å². The van der Waals surface area contributed by atoms with E-state index in [0.717, 1.165) is 6.42 Å². The predicted octanol–water partition coefficient (Wildman–Crippen LogP) is 3.27. The fourth-order valence-electron chi connectivity index (χ4n) is 2.08. The van der Waals surface area contributed by atoms with Gasteiger partial charge in [-0.2, -0.15) is 0 Å². The normalized spacial score (nSPS) is 12.0. The van der Waals surface area contributed by atoms with Crippen LogP contribution in [0.4, 0.5) is 5.69 Å². The lowest BCUT2D eigenvalue weighted by Crippen LogP contribution is -2.45. The topological polar surface area (TPSA) is 76.7 Å². The first-order valence-electron chi connectivity index (χ1n) is 8.15. The monoisotopic (exact) mass is 366 g/mol. The third kappa shape index (κ3) is 7.51. The lowest BCUT2D eigenvalue weighted by Gasteiger charge is -2.25. The molecular formula is C18H26N2O4S. The highest BCUT2D eigenvalue weighted by Crippen LogP contribution is 2.13. The molecule has 1 aromatic carbocycles. The highest BCUT2D eigenvalue weighted by atomic mass is 32.1. The average Bonchev–Trinajstić information content (AvgIpc) is 2.52. The third-order valence-electron chi connectivity index (χ3n) is 3.14. The van der Waals surface area contributed by atoms with Crippen molar-refractivity contribution in [2.75, 3.05) is 12.4 Å². The van der Waals surface area contributed by atoms with Crippen LogP contribution in [-0.2, 0) is 14.3 Å². The molecule has 0 aromatic heterocycles. The number of nitrogens with one attached hydrogen (secondary N) is 2. The van der Waals surface area contributed by atoms with Crippen LogP contribution in [0.2, 0.25) is 0 Å². The lowest BCUT2D eigenvalue weighted by molar-refractivity contribution is -0.118. The maximum atomic E-state index is 12.5. The van der Waals surface area contributed by atoms with Crippen LogP contribution in [-0.4, -0.2) is 35.8 Å². The molecule has 0 radical (unpaired) electrons. The number of methoxy groups -OCH3 is 1. The van der Waals surface area contributed by atoms with E-state index in [1.807, 2.05) is 27.7 Å². The smallest absolute Gasteiger partial charge is 0.337 e. The van der Waals surface area contributed by atoms with Crippen LogP contribution in [0.15, 0.2) is 24.3 Å². The number of anilines is 1. The van der Waals surface area contributed by atoms with Crippen molar-refractivity contribution < 1.29 is 19.1 Å². The van der Waals surface area contributed by atoms with Gasteiger partial charge < -0.3 is 20.1 Å². The van der Waals surface area contributed by atoms with Gasteiger partial charge in [0.2, 0.25) is 5.91 Å². The highest BCUT2D eigenvalue weighted by Gasteiger charge is 2.22. The second-order valence-corrected chi connectivity index (χ2v) is 6.92. The van der Waals surface area contributed by atoms with Crippen LogP contribution in [0.25, 0.3) is 0 Å². The van der Waals surface area contributed by atoms with Gasteiger partial charge in [0.1, 0.15) is 11.6 Å². The molecule has 1 rings (SSSR count). The van der Waals surface area contributed by atoms with E-state index in [4.69, 9.17) is 17.0 Å². The van der Waals surface area contributed by atoms with Gasteiger partial charge in [-0.25, -0.2) is 4.79 Å². The Balaban J connectivity index is 2.79. The minimum atomic E-state index is -0.526. The maximum Gasteiger partial charge on any atom is 0.337 e. The van der Waals surface area contributed by atoms with Gasteiger partial charge in [0, 0.05) is 5.69 Å². The molecule has 0 spiro atoms. The minimum Gasteiger partial charge on any atom is -0.465 e. The SMILES string of the molecule is CCC[C@H](NC(=S)OC(C)(C)C)C(=O)Nc1cccc(C(=O)OC)c1. The first-order chi connectivity index (χ1) is 11.7. The standard InChI is InChI=1S/C18H26N2O4S/c1-6-8-14(20-17(25)24-18(2,3)4)15(21)19-13-10-7-9-12(11-13)16(22)23-5/h7,9-11,14H,6,8H2,1-5H3,(H,19,21)(H,20,25)/t14-/m0/s1. The summed E-state index contributed by atoms with van der Waals surface area (Å²) in [4.78, 5) is 24.1. The molecular weight excluding hydrogens is 340 g/mol. The summed E-state index contributed by atoms with van der Waals surface area (Å²) in [6.07, 6.45) is 1.39. The molecule has 0 fully saturated rings. The van der Waals surface area contributed by atoms with Gasteiger partial charge >= 0.3 is 5.97 Å². The highest BCUT2D eigenvalue weighted by molar-refractivity contribution is 7.80. The van der Waals surface area contributed by atoms with Crippen molar-refractivity contribution in [3.8, 4) is 0 Å². The molecule has 1 amide bonds. The summed E-state index contributed by atoms with van der Waals surface area (Å²) in [5.74, 6) is -0.706. The van der Waals surface area contributed by atoms with Gasteiger partial charge in [-0.3, -0.25) is 4.79 Å². The number of hydrogen-bond donors (Lipinski definition) is 2. The maximum absolute atomic E-state index is 12.5. The molecule has 1 atom stereocenters. The van der Waals surface area contributed by atoms with E-state index < -0.39 is 17.6 Å². The van der Waals surface area contributed by atoms with Crippen molar-refractivity contribution in [2.24, 2.45) is 0 Å². The Morgan fingerprint density at radius 1 is 1.28 bits per heavy atom. The van der Waals surface area contributed by atoms with Crippen LogP contribution in [0.1, 0.15) is 50.9 Å². The molecule has 0 bridgehead atoms. The Morgan fingerprint density at radius 2 is 1.96 bits per heavy atom. The Kier molecular flexibility index (Phi) is 7.83. The molecule has 6 nitrogen and oxygen atoms in total. The quantitative estimate of drug-likeness (QED) is 0.594. The van der Waals surface area contributed by atoms with Crippen molar-refractivity contribution in [1.29, 1.82) is 0 Å². The van der Waals surface area contributed by atoms with Gasteiger partial charge in [-0.05, 0) is 57.6 Å². The zero-order chi connectivity index (χ0) is 19.0. The molecule has 0 saturated carbocycles. The summed E-state index contributed by atoms with van der Waals surface area (Å²) in [6.45, 7) is 7.63. The van der Waals surface area contributed by atoms with Crippen LogP contribution < -0.4 is 10.6 Å². The van der Waals surface area contributed by atoms with Crippen LogP contribution >= 0.6 is 12.2 Å². The van der Waals surface area contributed by atoms with E-state index in [1.165, 1.54) is 7.11 Å². The van der Waals surface area contributed by atoms with Crippen molar-refractivity contribution in [2.45, 2.75) is 52.2 Å². The summed E-state index contributed by atoms with van der Waals surface area (Å²) in [7, 11) is 1.31. The van der Waals surface area contributed by atoms with E-state index >= 15 is 0 Å². The van der Waals surface area contributed by atoms with Gasteiger partial charge in [0.05, 0.1) is 12.7 Å². The number of carbonyl (C=O) groups excluding carboxylic acids is 2. The molecule has 0 unspecified atom stereocenters. The minimum absolute atomic E-state index is 0.185. The zero-order valence-corrected chi connectivity index (χ0v) is 16.2. The largest absolute Gasteiger partial charge is 0.465 e. The summed E-state index contributed by atoms with van der Waals surface area (Å²) in [6, 6.07) is 6.04. The fourth-order valence-corrected chi connectivity index (χ4v) is 2.47. The Hall–Kier alpha value is -2.15. The number of hydrogen-bond acceptors (Lipinski definition) is 5. The second kappa shape index (κ2) is 9.36. The predicted molar refractivity (Wildman–Crippen MR) is 102 cm³/mol. The number of rotatable bonds is 6. The summed E-state index contributed by atoms with van der Waals surface area (Å²) in [5.41, 5.74) is 0.442. The van der Waals surface area contributed by atoms with Gasteiger partial charge in [0.15, 0.2) is 0 Å². The van der Waals surface area contributed by atoms with Crippen LogP contribution in [0.5, 0.6) is 0 Å². The molecule has 2 N–H and O–H groups in total. The third-order valence-corrected chi connectivity index (χ3v) is 3.34. The molecule has 25 heavy (non-hydrogen) atoms. The van der Waals surface area contributed by atoms with E-state index in [2.05, 4.69) is 15.4 Å². The number of benzene rings is 1. The van der Waals surface area contributed by atoms with E-state index in [0.29, 0.717) is 17.7 Å². The molecule has 0 aliphatic rings. The molecule has 0 saturated heterocycles. The van der Waals surface area contributed by atoms with Gasteiger partial charge in [-0.15, -0.1) is 0 Å². The Bertz CT molecular complexity index is 626. The van der Waals surface area contributed by atoms with Crippen molar-refractivity contribution in [3.63, 3.8) is 0 Å². The molecule has 1 aromatic rings. The van der Waals surface area contributed by atoms with Crippen molar-refractivity contribution in [1.82, 2.24) is 5.32 Å². The molecule has 0 heterocycles. The zero-order valence-electron chi connectivity index (χ0n) is 15.3. The van der Waals surface area contributed by atoms with E-state index in [-0.39, 0.29) is 11.1 Å². The molecule has 0 aliphatic heterocycles. The summed E-state index contributed by atoms with van der Waals surface area (Å²) >= 11 is 5.17. The number of amides is 1. The van der Waals surface area contributed by atoms with Crippen LogP contribution in [0.3, 0.4) is 0 Å². The number of thiocarbonyl (C=S) groups is 1. The Labute approximate surface area is 154 Å². The lowest BCUT2D eigenvalue weighted by atomic mass is 10.1. The van der Waals surface area contributed by atoms with Crippen LogP contribution in [0, 0.1) is 0 Å². The average molecular weight is 366 g/mol. The molecule has 138 valence electrons. The first-order valence-corrected chi connectivity index (χ1v) is 8.56. The summed E-state index contributed by atoms with van der Waals surface area (Å²) < 4.78 is 10.2. The second-order valence-electron chi connectivity index (χ2n) is 6.55. The van der Waals surface area contributed by atoms with Crippen molar-refractivity contribution >= 4 is 35.0 Å². The van der Waals surface area contributed by atoms with Gasteiger partial charge in [0.25, 0.3) is 5.17 Å². The first kappa shape index (κ1) is 20.9. The number of carbonyl (C=O) groups is 2. The van der Waals surface area contributed by atoms with Crippen molar-refractivity contribution in [3.05, 3.63) is 29.8 Å². The number of ether oxygens (including phenoxy) is 2. The van der Waals surface area contributed by atoms with E-state index in [9.17, 15) is 9.59 Å². The molecule has 7 heteroatoms. The number of esters is 1.